The van der Waals surface area contributed by atoms with Crippen LogP contribution in [0.2, 0.25) is 0 Å². The van der Waals surface area contributed by atoms with Crippen molar-refractivity contribution in [2.24, 2.45) is 0 Å². The van der Waals surface area contributed by atoms with Crippen LogP contribution in [0.3, 0.4) is 0 Å². The summed E-state index contributed by atoms with van der Waals surface area (Å²) < 4.78 is 17.0. The molecule has 204 valence electrons. The van der Waals surface area contributed by atoms with Gasteiger partial charge in [0, 0.05) is 23.3 Å². The molecule has 0 fully saturated rings. The average Bonchev–Trinajstić information content (AvgIpc) is 2.85. The van der Waals surface area contributed by atoms with Crippen LogP contribution >= 0.6 is 35.3 Å². The van der Waals surface area contributed by atoms with E-state index < -0.39 is 0 Å². The van der Waals surface area contributed by atoms with Crippen molar-refractivity contribution in [3.63, 3.8) is 0 Å². The molecule has 1 aromatic heterocycles. The molecule has 0 spiro atoms. The molecule has 0 bridgehead atoms. The Labute approximate surface area is 232 Å². The molecule has 0 N–H and O–H groups in total. The minimum absolute atomic E-state index is 0.201. The Morgan fingerprint density at radius 1 is 0.639 bits per heavy atom. The number of thioether (sulfide) groups is 3. The summed E-state index contributed by atoms with van der Waals surface area (Å²) in [5.74, 6) is 2.80. The molecule has 0 aliphatic carbocycles. The molecule has 0 saturated carbocycles. The Balaban J connectivity index is 2.82. The van der Waals surface area contributed by atoms with Crippen molar-refractivity contribution in [2.45, 2.75) is 112 Å². The number of rotatable bonds is 24. The maximum atomic E-state index is 5.67. The zero-order valence-corrected chi connectivity index (χ0v) is 24.9. The minimum Gasteiger partial charge on any atom is -0.499 e. The second-order valence-corrected chi connectivity index (χ2v) is 11.7. The number of hydrogen-bond donors (Lipinski definition) is 0. The van der Waals surface area contributed by atoms with Gasteiger partial charge in [-0.1, -0.05) is 71.5 Å². The zero-order chi connectivity index (χ0) is 26.4. The predicted molar refractivity (Wildman–Crippen MR) is 158 cm³/mol. The van der Waals surface area contributed by atoms with E-state index in [1.165, 1.54) is 0 Å². The largest absolute Gasteiger partial charge is 0.499 e. The second kappa shape index (κ2) is 21.8. The zero-order valence-electron chi connectivity index (χ0n) is 22.5. The smallest absolute Gasteiger partial charge is 0.189 e. The van der Waals surface area contributed by atoms with Crippen LogP contribution in [0.4, 0.5) is 0 Å². The summed E-state index contributed by atoms with van der Waals surface area (Å²) in [6.07, 6.45) is 14.6. The van der Waals surface area contributed by atoms with Crippen molar-refractivity contribution >= 4 is 35.3 Å². The molecule has 1 rings (SSSR count). The summed E-state index contributed by atoms with van der Waals surface area (Å²) in [6.45, 7) is 17.7. The topological polar surface area (TPSA) is 53.5 Å². The monoisotopic (exact) mass is 554 g/mol. The number of nitrogens with zero attached hydrogens (tertiary/aromatic N) is 2. The third-order valence-corrected chi connectivity index (χ3v) is 8.18. The Bertz CT molecular complexity index is 628. The molecule has 36 heavy (non-hydrogen) atoms. The van der Waals surface area contributed by atoms with Gasteiger partial charge in [0.25, 0.3) is 0 Å². The lowest BCUT2D eigenvalue weighted by Gasteiger charge is -2.16. The van der Waals surface area contributed by atoms with Crippen LogP contribution in [0.25, 0.3) is 0 Å². The lowest BCUT2D eigenvalue weighted by Crippen LogP contribution is -2.11. The normalized spacial score (nSPS) is 13.4. The van der Waals surface area contributed by atoms with Crippen LogP contribution < -0.4 is 0 Å². The lowest BCUT2D eigenvalue weighted by molar-refractivity contribution is 0.132. The molecule has 0 aliphatic heterocycles. The molecule has 0 aromatic carbocycles. The Morgan fingerprint density at radius 3 is 1.33 bits per heavy atom. The summed E-state index contributed by atoms with van der Waals surface area (Å²) in [6, 6.07) is 2.12. The maximum Gasteiger partial charge on any atom is 0.189 e. The summed E-state index contributed by atoms with van der Waals surface area (Å²) in [5.41, 5.74) is 0. The third-order valence-electron chi connectivity index (χ3n) is 5.41. The average molecular weight is 555 g/mol. The summed E-state index contributed by atoms with van der Waals surface area (Å²) >= 11 is 5.25. The van der Waals surface area contributed by atoms with Crippen molar-refractivity contribution in [2.75, 3.05) is 17.3 Å². The first kappa shape index (κ1) is 32.8. The highest BCUT2D eigenvalue weighted by Gasteiger charge is 2.13. The molecule has 3 atom stereocenters. The molecule has 0 saturated heterocycles. The van der Waals surface area contributed by atoms with Gasteiger partial charge in [-0.05, 0) is 38.5 Å². The van der Waals surface area contributed by atoms with Crippen molar-refractivity contribution < 1.29 is 14.2 Å². The number of aromatic nitrogens is 2. The fourth-order valence-corrected chi connectivity index (χ4v) is 6.63. The molecule has 5 nitrogen and oxygen atoms in total. The van der Waals surface area contributed by atoms with Crippen LogP contribution in [0.15, 0.2) is 59.8 Å². The van der Waals surface area contributed by atoms with Gasteiger partial charge in [-0.15, -0.1) is 23.5 Å². The van der Waals surface area contributed by atoms with Gasteiger partial charge in [-0.3, -0.25) is 0 Å². The fourth-order valence-electron chi connectivity index (χ4n) is 3.68. The van der Waals surface area contributed by atoms with Gasteiger partial charge in [0.15, 0.2) is 5.16 Å². The molecular weight excluding hydrogens is 509 g/mol. The van der Waals surface area contributed by atoms with Crippen LogP contribution in [-0.2, 0) is 14.2 Å². The number of ether oxygens (including phenoxy) is 3. The first-order valence-electron chi connectivity index (χ1n) is 13.2. The Hall–Kier alpha value is -1.25. The summed E-state index contributed by atoms with van der Waals surface area (Å²) in [5, 5.41) is 2.86. The molecule has 0 amide bonds. The fraction of sp³-hybridized carbons (Fsp3) is 0.643. The van der Waals surface area contributed by atoms with Crippen molar-refractivity contribution in [3.8, 4) is 0 Å². The van der Waals surface area contributed by atoms with Gasteiger partial charge in [0.05, 0.1) is 37.1 Å². The van der Waals surface area contributed by atoms with E-state index in [0.717, 1.165) is 90.3 Å². The van der Waals surface area contributed by atoms with Crippen LogP contribution in [0.5, 0.6) is 0 Å². The first-order chi connectivity index (χ1) is 17.6. The Kier molecular flexibility index (Phi) is 19.8. The van der Waals surface area contributed by atoms with E-state index in [9.17, 15) is 0 Å². The van der Waals surface area contributed by atoms with Gasteiger partial charge < -0.3 is 14.2 Å². The van der Waals surface area contributed by atoms with E-state index in [1.807, 2.05) is 0 Å². The molecule has 1 heterocycles. The highest BCUT2D eigenvalue weighted by Crippen LogP contribution is 2.29. The first-order valence-corrected chi connectivity index (χ1v) is 16.1. The van der Waals surface area contributed by atoms with E-state index in [1.54, 1.807) is 54.1 Å². The molecule has 3 unspecified atom stereocenters. The Morgan fingerprint density at radius 2 is 1.00 bits per heavy atom. The summed E-state index contributed by atoms with van der Waals surface area (Å²) in [4.78, 5) is 9.71. The van der Waals surface area contributed by atoms with Crippen LogP contribution in [0, 0.1) is 0 Å². The van der Waals surface area contributed by atoms with E-state index in [-0.39, 0.29) is 18.3 Å². The van der Waals surface area contributed by atoms with Gasteiger partial charge in [0.1, 0.15) is 10.1 Å². The molecule has 0 aliphatic rings. The van der Waals surface area contributed by atoms with Crippen molar-refractivity contribution in [1.29, 1.82) is 0 Å². The second-order valence-electron chi connectivity index (χ2n) is 8.38. The van der Waals surface area contributed by atoms with Gasteiger partial charge >= 0.3 is 0 Å². The number of hydrogen-bond acceptors (Lipinski definition) is 8. The van der Waals surface area contributed by atoms with E-state index in [4.69, 9.17) is 24.2 Å². The van der Waals surface area contributed by atoms with Crippen LogP contribution in [0.1, 0.15) is 78.6 Å². The van der Waals surface area contributed by atoms with Gasteiger partial charge in [-0.25, -0.2) is 9.97 Å². The maximum absolute atomic E-state index is 5.67. The highest BCUT2D eigenvalue weighted by atomic mass is 32.2. The molecule has 8 heteroatoms. The van der Waals surface area contributed by atoms with E-state index in [2.05, 4.69) is 46.6 Å². The quantitative estimate of drug-likeness (QED) is 0.0543. The minimum atomic E-state index is 0.201. The molecule has 1 aromatic rings. The third kappa shape index (κ3) is 15.1. The van der Waals surface area contributed by atoms with Crippen molar-refractivity contribution in [3.05, 3.63) is 44.6 Å². The van der Waals surface area contributed by atoms with Crippen molar-refractivity contribution in [1.82, 2.24) is 9.97 Å². The predicted octanol–water partition coefficient (Wildman–Crippen LogP) is 8.91. The molecular formula is C28H46N2O3S3. The van der Waals surface area contributed by atoms with E-state index >= 15 is 0 Å². The summed E-state index contributed by atoms with van der Waals surface area (Å²) in [7, 11) is 0. The van der Waals surface area contributed by atoms with Gasteiger partial charge in [-0.2, -0.15) is 0 Å². The standard InChI is InChI=1S/C28H46N2O3S3/c1-7-13-23(31-10-4)16-19-34-26-22-27(35-20-17-24(14-8-2)32-11-5)30-28(29-26)36-21-18-25(15-9-3)33-12-6/h10-12,22-25H,4-9,13-21H2,1-3H3. The highest BCUT2D eigenvalue weighted by molar-refractivity contribution is 8.00. The van der Waals surface area contributed by atoms with E-state index in [0.29, 0.717) is 0 Å². The SMILES string of the molecule is C=COC(CCC)CCSc1cc(SCCC(CCC)OC=C)nc(SCCC(CCC)OC=C)n1. The van der Waals surface area contributed by atoms with Gasteiger partial charge in [0.2, 0.25) is 0 Å². The molecule has 0 radical (unpaired) electrons. The van der Waals surface area contributed by atoms with Crippen LogP contribution in [-0.4, -0.2) is 45.5 Å². The lowest BCUT2D eigenvalue weighted by atomic mass is 10.2.